The molecule has 0 saturated heterocycles. The summed E-state index contributed by atoms with van der Waals surface area (Å²) < 4.78 is 20.3. The van der Waals surface area contributed by atoms with Gasteiger partial charge in [0.05, 0.1) is 21.3 Å². The van der Waals surface area contributed by atoms with Crippen molar-refractivity contribution in [2.24, 2.45) is 0 Å². The Labute approximate surface area is 103 Å². The number of hydrogen-bond donors (Lipinski definition) is 0. The van der Waals surface area contributed by atoms with Crippen molar-refractivity contribution < 1.29 is 18.7 Å². The molecule has 0 saturated carbocycles. The molecule has 2 heterocycles. The quantitative estimate of drug-likeness (QED) is 0.791. The van der Waals surface area contributed by atoms with Crippen LogP contribution in [0.15, 0.2) is 4.52 Å². The molecule has 0 amide bonds. The fraction of sp³-hybridized carbons (Fsp3) is 0.400. The van der Waals surface area contributed by atoms with E-state index in [1.54, 1.807) is 6.92 Å². The summed E-state index contributed by atoms with van der Waals surface area (Å²) >= 11 is 0. The van der Waals surface area contributed by atoms with Gasteiger partial charge in [-0.25, -0.2) is 0 Å². The van der Waals surface area contributed by atoms with Gasteiger partial charge in [0.1, 0.15) is 0 Å². The average Bonchev–Trinajstić information content (AvgIpc) is 2.83. The predicted molar refractivity (Wildman–Crippen MR) is 59.7 cm³/mol. The second-order valence-corrected chi connectivity index (χ2v) is 3.25. The van der Waals surface area contributed by atoms with E-state index in [9.17, 15) is 0 Å². The third kappa shape index (κ3) is 2.04. The molecule has 0 spiro atoms. The molecule has 0 atom stereocenters. The number of nitrogens with zero attached hydrogens (tertiary/aromatic N) is 4. The second-order valence-electron chi connectivity index (χ2n) is 3.25. The first-order valence-electron chi connectivity index (χ1n) is 5.04. The van der Waals surface area contributed by atoms with Crippen molar-refractivity contribution in [3.63, 3.8) is 0 Å². The maximum atomic E-state index is 5.16. The van der Waals surface area contributed by atoms with Gasteiger partial charge < -0.3 is 18.7 Å². The second kappa shape index (κ2) is 4.86. The molecule has 8 heteroatoms. The Morgan fingerprint density at radius 2 is 1.50 bits per heavy atom. The van der Waals surface area contributed by atoms with Gasteiger partial charge in [-0.1, -0.05) is 5.16 Å². The minimum Gasteiger partial charge on any atom is -0.480 e. The van der Waals surface area contributed by atoms with Crippen LogP contribution in [0.5, 0.6) is 17.8 Å². The Hall–Kier alpha value is -2.38. The molecule has 0 bridgehead atoms. The highest BCUT2D eigenvalue weighted by Gasteiger charge is 2.23. The lowest BCUT2D eigenvalue weighted by Gasteiger charge is -2.09. The SMILES string of the molecule is COc1nc(OC)c(-c2nc(C)no2)c(OC)n1. The Balaban J connectivity index is 2.63. The van der Waals surface area contributed by atoms with Crippen LogP contribution in [-0.2, 0) is 0 Å². The van der Waals surface area contributed by atoms with E-state index in [0.717, 1.165) is 0 Å². The Bertz CT molecular complexity index is 530. The highest BCUT2D eigenvalue weighted by molar-refractivity contribution is 5.66. The number of ether oxygens (including phenoxy) is 3. The maximum absolute atomic E-state index is 5.16. The zero-order valence-electron chi connectivity index (χ0n) is 10.4. The highest BCUT2D eigenvalue weighted by Crippen LogP contribution is 2.35. The van der Waals surface area contributed by atoms with Crippen molar-refractivity contribution in [2.45, 2.75) is 6.92 Å². The van der Waals surface area contributed by atoms with E-state index in [2.05, 4.69) is 20.1 Å². The molecular weight excluding hydrogens is 240 g/mol. The van der Waals surface area contributed by atoms with Crippen LogP contribution in [0.4, 0.5) is 0 Å². The number of aryl methyl sites for hydroxylation is 1. The molecule has 2 aromatic heterocycles. The standard InChI is InChI=1S/C10H12N4O4/c1-5-11-9(18-14-5)6-7(15-2)12-10(17-4)13-8(6)16-3/h1-4H3. The van der Waals surface area contributed by atoms with Crippen LogP contribution < -0.4 is 14.2 Å². The number of hydrogen-bond acceptors (Lipinski definition) is 8. The lowest BCUT2D eigenvalue weighted by atomic mass is 10.3. The van der Waals surface area contributed by atoms with E-state index in [0.29, 0.717) is 11.4 Å². The van der Waals surface area contributed by atoms with Gasteiger partial charge in [0.25, 0.3) is 5.89 Å². The van der Waals surface area contributed by atoms with E-state index >= 15 is 0 Å². The molecule has 0 aliphatic rings. The van der Waals surface area contributed by atoms with Gasteiger partial charge in [0.15, 0.2) is 11.4 Å². The Morgan fingerprint density at radius 1 is 0.889 bits per heavy atom. The summed E-state index contributed by atoms with van der Waals surface area (Å²) in [4.78, 5) is 12.2. The van der Waals surface area contributed by atoms with Crippen molar-refractivity contribution in [1.82, 2.24) is 20.1 Å². The summed E-state index contributed by atoms with van der Waals surface area (Å²) in [5.74, 6) is 1.19. The molecule has 96 valence electrons. The summed E-state index contributed by atoms with van der Waals surface area (Å²) in [6.45, 7) is 1.70. The molecule has 0 aliphatic carbocycles. The van der Waals surface area contributed by atoms with Gasteiger partial charge in [-0.3, -0.25) is 0 Å². The maximum Gasteiger partial charge on any atom is 0.322 e. The van der Waals surface area contributed by atoms with E-state index in [4.69, 9.17) is 18.7 Å². The van der Waals surface area contributed by atoms with Crippen LogP contribution in [0.2, 0.25) is 0 Å². The third-order valence-corrected chi connectivity index (χ3v) is 2.13. The summed E-state index contributed by atoms with van der Waals surface area (Å²) in [5, 5.41) is 3.70. The van der Waals surface area contributed by atoms with Crippen LogP contribution in [0.1, 0.15) is 5.82 Å². The fourth-order valence-electron chi connectivity index (χ4n) is 1.37. The summed E-state index contributed by atoms with van der Waals surface area (Å²) in [5.41, 5.74) is 0.390. The molecule has 8 nitrogen and oxygen atoms in total. The first kappa shape index (κ1) is 12.1. The molecule has 18 heavy (non-hydrogen) atoms. The summed E-state index contributed by atoms with van der Waals surface area (Å²) in [6, 6.07) is 0.128. The van der Waals surface area contributed by atoms with Gasteiger partial charge in [-0.15, -0.1) is 0 Å². The molecule has 0 aliphatic heterocycles. The van der Waals surface area contributed by atoms with Crippen molar-refractivity contribution >= 4 is 0 Å². The molecule has 0 fully saturated rings. The normalized spacial score (nSPS) is 10.2. The zero-order valence-corrected chi connectivity index (χ0v) is 10.4. The first-order chi connectivity index (χ1) is 8.69. The minimum absolute atomic E-state index is 0.128. The minimum atomic E-state index is 0.128. The van der Waals surface area contributed by atoms with E-state index in [-0.39, 0.29) is 23.7 Å². The van der Waals surface area contributed by atoms with Crippen LogP contribution in [0.25, 0.3) is 11.5 Å². The molecule has 0 unspecified atom stereocenters. The fourth-order valence-corrected chi connectivity index (χ4v) is 1.37. The summed E-state index contributed by atoms with van der Waals surface area (Å²) in [6.07, 6.45) is 0. The predicted octanol–water partition coefficient (Wildman–Crippen LogP) is 0.861. The summed E-state index contributed by atoms with van der Waals surface area (Å²) in [7, 11) is 4.38. The Morgan fingerprint density at radius 3 is 1.89 bits per heavy atom. The van der Waals surface area contributed by atoms with Crippen LogP contribution in [0, 0.1) is 6.92 Å². The zero-order chi connectivity index (χ0) is 13.1. The van der Waals surface area contributed by atoms with Gasteiger partial charge in [0.2, 0.25) is 11.8 Å². The smallest absolute Gasteiger partial charge is 0.322 e. The van der Waals surface area contributed by atoms with Crippen molar-refractivity contribution in [3.8, 4) is 29.2 Å². The van der Waals surface area contributed by atoms with Crippen LogP contribution >= 0.6 is 0 Å². The molecule has 0 aromatic carbocycles. The van der Waals surface area contributed by atoms with E-state index < -0.39 is 0 Å². The van der Waals surface area contributed by atoms with Crippen LogP contribution in [-0.4, -0.2) is 41.4 Å². The van der Waals surface area contributed by atoms with E-state index in [1.807, 2.05) is 0 Å². The largest absolute Gasteiger partial charge is 0.480 e. The lowest BCUT2D eigenvalue weighted by Crippen LogP contribution is -2.02. The highest BCUT2D eigenvalue weighted by atomic mass is 16.5. The van der Waals surface area contributed by atoms with Gasteiger partial charge >= 0.3 is 6.01 Å². The molecule has 2 aromatic rings. The first-order valence-corrected chi connectivity index (χ1v) is 5.04. The monoisotopic (exact) mass is 252 g/mol. The average molecular weight is 252 g/mol. The number of methoxy groups -OCH3 is 3. The van der Waals surface area contributed by atoms with Gasteiger partial charge in [-0.05, 0) is 6.92 Å². The molecule has 2 rings (SSSR count). The number of rotatable bonds is 4. The third-order valence-electron chi connectivity index (χ3n) is 2.13. The van der Waals surface area contributed by atoms with Crippen molar-refractivity contribution in [3.05, 3.63) is 5.82 Å². The van der Waals surface area contributed by atoms with Crippen molar-refractivity contribution in [1.29, 1.82) is 0 Å². The van der Waals surface area contributed by atoms with Gasteiger partial charge in [-0.2, -0.15) is 15.0 Å². The molecular formula is C10H12N4O4. The van der Waals surface area contributed by atoms with E-state index in [1.165, 1.54) is 21.3 Å². The number of aromatic nitrogens is 4. The lowest BCUT2D eigenvalue weighted by molar-refractivity contribution is 0.328. The molecule has 0 radical (unpaired) electrons. The molecule has 0 N–H and O–H groups in total. The van der Waals surface area contributed by atoms with Crippen molar-refractivity contribution in [2.75, 3.05) is 21.3 Å². The van der Waals surface area contributed by atoms with Crippen LogP contribution in [0.3, 0.4) is 0 Å². The van der Waals surface area contributed by atoms with Gasteiger partial charge in [0, 0.05) is 0 Å². The topological polar surface area (TPSA) is 92.4 Å². The Kier molecular flexibility index (Phi) is 3.26.